The van der Waals surface area contributed by atoms with Crippen LogP contribution in [0.15, 0.2) is 182 Å². The molecule has 4 nitrogen and oxygen atoms in total. The quantitative estimate of drug-likeness (QED) is 0.132. The lowest BCUT2D eigenvalue weighted by molar-refractivity contribution is 1.26. The molecule has 0 saturated heterocycles. The monoisotopic (exact) mass is 710 g/mol. The first kappa shape index (κ1) is 32.7. The van der Waals surface area contributed by atoms with Gasteiger partial charge in [0.1, 0.15) is 18.0 Å². The molecule has 0 N–H and O–H groups in total. The maximum atomic E-state index is 9.55. The number of hydrogen-bond acceptors (Lipinski definition) is 3. The van der Waals surface area contributed by atoms with E-state index in [-0.39, 0.29) is 0 Å². The van der Waals surface area contributed by atoms with Gasteiger partial charge in [0.15, 0.2) is 0 Å². The fourth-order valence-corrected chi connectivity index (χ4v) is 8.46. The fraction of sp³-hybridized carbons (Fsp3) is 0. The van der Waals surface area contributed by atoms with Crippen molar-refractivity contribution >= 4 is 48.9 Å². The number of benzene rings is 8. The van der Waals surface area contributed by atoms with Gasteiger partial charge in [-0.25, -0.2) is 4.98 Å². The number of hydrogen-bond donors (Lipinski definition) is 0. The smallest absolute Gasteiger partial charge is 0.270 e. The van der Waals surface area contributed by atoms with Crippen LogP contribution in [0.1, 0.15) is 5.69 Å². The van der Waals surface area contributed by atoms with Crippen molar-refractivity contribution in [2.45, 2.75) is 0 Å². The van der Waals surface area contributed by atoms with E-state index >= 15 is 0 Å². The van der Waals surface area contributed by atoms with Crippen LogP contribution in [0.2, 0.25) is 0 Å². The fourth-order valence-electron chi connectivity index (χ4n) is 8.46. The molecule has 0 saturated carbocycles. The lowest BCUT2D eigenvalue weighted by Crippen LogP contribution is -1.95. The van der Waals surface area contributed by atoms with Crippen molar-refractivity contribution in [3.63, 3.8) is 0 Å². The SMILES string of the molecule is [C-]#[N+]c1cc(-c2cccc(-c3c4ccccc4c(-c4c5ccccc5c(-c5cccc(-c6ccnc(C#N)c6)c5)c5ccccc45)c4ccccc34)c2)ccn1. The molecule has 10 rings (SSSR count). The van der Waals surface area contributed by atoms with E-state index in [1.54, 1.807) is 12.4 Å². The van der Waals surface area contributed by atoms with Crippen molar-refractivity contribution < 1.29 is 0 Å². The second-order valence-electron chi connectivity index (χ2n) is 13.9. The van der Waals surface area contributed by atoms with Gasteiger partial charge in [-0.1, -0.05) is 140 Å². The van der Waals surface area contributed by atoms with Gasteiger partial charge in [-0.2, -0.15) is 5.26 Å². The molecule has 0 aliphatic rings. The summed E-state index contributed by atoms with van der Waals surface area (Å²) in [5.41, 5.74) is 11.4. The zero-order valence-corrected chi connectivity index (χ0v) is 30.1. The zero-order chi connectivity index (χ0) is 37.6. The molecule has 2 heterocycles. The molecule has 0 bridgehead atoms. The summed E-state index contributed by atoms with van der Waals surface area (Å²) in [5, 5.41) is 19.0. The molecule has 0 fully saturated rings. The van der Waals surface area contributed by atoms with Crippen LogP contribution >= 0.6 is 0 Å². The number of aromatic nitrogens is 2. The van der Waals surface area contributed by atoms with Gasteiger partial charge in [0.2, 0.25) is 0 Å². The number of pyridine rings is 2. The van der Waals surface area contributed by atoms with Crippen molar-refractivity contribution in [3.8, 4) is 61.7 Å². The molecular formula is C52H30N4. The number of fused-ring (bicyclic) bond motifs is 4. The Kier molecular flexibility index (Phi) is 7.88. The molecule has 0 aliphatic heterocycles. The summed E-state index contributed by atoms with van der Waals surface area (Å²) in [6, 6.07) is 62.2. The molecule has 8 aromatic carbocycles. The second kappa shape index (κ2) is 13.5. The van der Waals surface area contributed by atoms with Crippen molar-refractivity contribution in [2.24, 2.45) is 0 Å². The van der Waals surface area contributed by atoms with Crippen LogP contribution in [-0.4, -0.2) is 9.97 Å². The Balaban J connectivity index is 1.26. The van der Waals surface area contributed by atoms with Crippen LogP contribution in [0, 0.1) is 17.9 Å². The average Bonchev–Trinajstić information content (AvgIpc) is 3.27. The highest BCUT2D eigenvalue weighted by molar-refractivity contribution is 6.30. The normalized spacial score (nSPS) is 11.2. The van der Waals surface area contributed by atoms with Gasteiger partial charge in [0, 0.05) is 6.20 Å². The first-order valence-electron chi connectivity index (χ1n) is 18.5. The van der Waals surface area contributed by atoms with Crippen molar-refractivity contribution in [1.82, 2.24) is 9.97 Å². The third-order valence-electron chi connectivity index (χ3n) is 10.8. The van der Waals surface area contributed by atoms with Crippen LogP contribution in [0.5, 0.6) is 0 Å². The van der Waals surface area contributed by atoms with E-state index in [0.29, 0.717) is 11.5 Å². The number of rotatable bonds is 5. The average molecular weight is 711 g/mol. The summed E-state index contributed by atoms with van der Waals surface area (Å²) in [4.78, 5) is 12.0. The lowest BCUT2D eigenvalue weighted by Gasteiger charge is -2.22. The molecule has 10 aromatic rings. The van der Waals surface area contributed by atoms with E-state index in [2.05, 4.69) is 166 Å². The van der Waals surface area contributed by atoms with E-state index in [0.717, 1.165) is 33.4 Å². The molecule has 2 aromatic heterocycles. The zero-order valence-electron chi connectivity index (χ0n) is 30.1. The van der Waals surface area contributed by atoms with Crippen molar-refractivity contribution in [1.29, 1.82) is 5.26 Å². The minimum absolute atomic E-state index is 0.384. The van der Waals surface area contributed by atoms with E-state index in [4.69, 9.17) is 6.57 Å². The first-order chi connectivity index (χ1) is 27.7. The molecule has 0 spiro atoms. The Labute approximate surface area is 324 Å². The van der Waals surface area contributed by atoms with Gasteiger partial charge in [0.05, 0.1) is 0 Å². The molecule has 4 heteroatoms. The predicted octanol–water partition coefficient (Wildman–Crippen LogP) is 13.8. The van der Waals surface area contributed by atoms with Crippen molar-refractivity contribution in [3.05, 3.63) is 199 Å². The van der Waals surface area contributed by atoms with Crippen LogP contribution in [-0.2, 0) is 0 Å². The van der Waals surface area contributed by atoms with E-state index < -0.39 is 0 Å². The molecule has 56 heavy (non-hydrogen) atoms. The maximum Gasteiger partial charge on any atom is 0.270 e. The highest BCUT2D eigenvalue weighted by atomic mass is 14.8. The van der Waals surface area contributed by atoms with Crippen LogP contribution in [0.25, 0.3) is 104 Å². The molecule has 258 valence electrons. The predicted molar refractivity (Wildman–Crippen MR) is 230 cm³/mol. The van der Waals surface area contributed by atoms with Crippen LogP contribution < -0.4 is 0 Å². The van der Waals surface area contributed by atoms with Crippen LogP contribution in [0.3, 0.4) is 0 Å². The highest BCUT2D eigenvalue weighted by Crippen LogP contribution is 2.50. The number of nitriles is 1. The molecular weight excluding hydrogens is 681 g/mol. The first-order valence-corrected chi connectivity index (χ1v) is 18.5. The summed E-state index contributed by atoms with van der Waals surface area (Å²) in [7, 11) is 0. The van der Waals surface area contributed by atoms with Crippen LogP contribution in [0.4, 0.5) is 5.82 Å². The Morgan fingerprint density at radius 3 is 1.14 bits per heavy atom. The third kappa shape index (κ3) is 5.37. The topological polar surface area (TPSA) is 53.9 Å². The van der Waals surface area contributed by atoms with E-state index in [1.807, 2.05) is 24.3 Å². The summed E-state index contributed by atoms with van der Waals surface area (Å²) in [5.74, 6) is 0.384. The Hall–Kier alpha value is -7.92. The third-order valence-corrected chi connectivity index (χ3v) is 10.8. The molecule has 0 atom stereocenters. The lowest BCUT2D eigenvalue weighted by atomic mass is 9.81. The van der Waals surface area contributed by atoms with Gasteiger partial charge in [-0.15, -0.1) is 4.98 Å². The summed E-state index contributed by atoms with van der Waals surface area (Å²) < 4.78 is 0. The minimum atomic E-state index is 0.384. The van der Waals surface area contributed by atoms with Gasteiger partial charge in [-0.3, -0.25) is 0 Å². The Morgan fingerprint density at radius 2 is 0.732 bits per heavy atom. The largest absolute Gasteiger partial charge is 0.361 e. The summed E-state index contributed by atoms with van der Waals surface area (Å²) in [6.45, 7) is 7.51. The molecule has 0 unspecified atom stereocenters. The van der Waals surface area contributed by atoms with Gasteiger partial charge in [-0.05, 0) is 135 Å². The molecule has 0 amide bonds. The Morgan fingerprint density at radius 1 is 0.375 bits per heavy atom. The van der Waals surface area contributed by atoms with Gasteiger partial charge >= 0.3 is 0 Å². The van der Waals surface area contributed by atoms with Crippen molar-refractivity contribution in [2.75, 3.05) is 0 Å². The van der Waals surface area contributed by atoms with E-state index in [1.165, 1.54) is 65.3 Å². The second-order valence-corrected chi connectivity index (χ2v) is 13.9. The summed E-state index contributed by atoms with van der Waals surface area (Å²) >= 11 is 0. The molecule has 0 radical (unpaired) electrons. The molecule has 0 aliphatic carbocycles. The number of nitrogens with zero attached hydrogens (tertiary/aromatic N) is 4. The highest BCUT2D eigenvalue weighted by Gasteiger charge is 2.22. The summed E-state index contributed by atoms with van der Waals surface area (Å²) in [6.07, 6.45) is 3.40. The van der Waals surface area contributed by atoms with Gasteiger partial charge in [0.25, 0.3) is 5.82 Å². The standard InChI is InChI=1S/C52H30N4/c1-54-48-31-36(25-27-56-48)34-13-11-15-38(29-34)50-42-18-4-8-22-46(42)52(47-23-9-5-19-43(47)50)51-44-20-6-2-16-40(44)49(41-17-3-7-21-45(41)51)37-14-10-12-33(28-37)35-24-26-55-39(30-35)32-53/h2-31H. The Bertz CT molecular complexity index is 2960. The van der Waals surface area contributed by atoms with Gasteiger partial charge < -0.3 is 4.85 Å². The maximum absolute atomic E-state index is 9.55. The van der Waals surface area contributed by atoms with E-state index in [9.17, 15) is 5.26 Å². The minimum Gasteiger partial charge on any atom is -0.361 e.